The molecular weight excluding hydrogens is 784 g/mol. The summed E-state index contributed by atoms with van der Waals surface area (Å²) in [6.45, 7) is 20.9. The molecule has 0 aliphatic carbocycles. The fourth-order valence-corrected chi connectivity index (χ4v) is 6.78. The average molecular weight is 830 g/mol. The van der Waals surface area contributed by atoms with Crippen LogP contribution in [0, 0.1) is 12.1 Å². The molecule has 0 spiro atoms. The fourth-order valence-electron chi connectivity index (χ4n) is 6.78. The molecule has 49 heavy (non-hydrogen) atoms. The maximum atomic E-state index is 7.10. The monoisotopic (exact) mass is 829 g/mol. The van der Waals surface area contributed by atoms with E-state index in [-0.39, 0.29) is 37.3 Å². The van der Waals surface area contributed by atoms with Gasteiger partial charge in [0.25, 0.3) is 0 Å². The number of fused-ring (bicyclic) bond motifs is 4. The molecule has 0 fully saturated rings. The van der Waals surface area contributed by atoms with Gasteiger partial charge in [0, 0.05) is 30.3 Å². The van der Waals surface area contributed by atoms with E-state index in [1.165, 1.54) is 22.3 Å². The Balaban J connectivity index is 0.00000417. The quantitative estimate of drug-likeness (QED) is 0.166. The third-order valence-electron chi connectivity index (χ3n) is 9.46. The molecule has 254 valence electrons. The molecule has 2 aromatic heterocycles. The minimum atomic E-state index is -0.205. The van der Waals surface area contributed by atoms with Crippen molar-refractivity contribution >= 4 is 38.9 Å². The molecule has 5 nitrogen and oxygen atoms in total. The largest absolute Gasteiger partial charge is 2.00 e. The van der Waals surface area contributed by atoms with Crippen LogP contribution in [0.3, 0.4) is 0 Å². The first kappa shape index (κ1) is 34.8. The topological polar surface area (TPSA) is 33.5 Å². The maximum absolute atomic E-state index is 7.10. The number of nitrogens with zero attached hydrogens (tertiary/aromatic N) is 4. The molecule has 3 heterocycles. The molecule has 0 bridgehead atoms. The van der Waals surface area contributed by atoms with Gasteiger partial charge in [-0.15, -0.1) is 34.7 Å². The number of rotatable bonds is 4. The summed E-state index contributed by atoms with van der Waals surface area (Å²) in [5, 5.41) is 2.31. The van der Waals surface area contributed by atoms with Crippen LogP contribution in [0.1, 0.15) is 79.0 Å². The van der Waals surface area contributed by atoms with Gasteiger partial charge in [0.2, 0.25) is 0 Å². The molecule has 0 unspecified atom stereocenters. The zero-order valence-corrected chi connectivity index (χ0v) is 32.6. The van der Waals surface area contributed by atoms with Gasteiger partial charge in [0.05, 0.1) is 18.0 Å². The Bertz CT molecular complexity index is 2180. The minimum Gasteiger partial charge on any atom is -0.509 e. The molecular formula is C43H46N4OPt. The molecule has 0 saturated carbocycles. The van der Waals surface area contributed by atoms with E-state index in [1.54, 1.807) is 0 Å². The van der Waals surface area contributed by atoms with Crippen LogP contribution in [-0.2, 0) is 37.3 Å². The van der Waals surface area contributed by atoms with Crippen LogP contribution >= 0.6 is 0 Å². The van der Waals surface area contributed by atoms with E-state index in [2.05, 4.69) is 175 Å². The number of aromatic nitrogens is 2. The number of hydrogen-bond donors (Lipinski definition) is 0. The molecule has 7 rings (SSSR count). The van der Waals surface area contributed by atoms with Gasteiger partial charge in [0.1, 0.15) is 5.82 Å². The summed E-state index contributed by atoms with van der Waals surface area (Å²) >= 11 is 0. The zero-order valence-electron chi connectivity index (χ0n) is 30.3. The third-order valence-corrected chi connectivity index (χ3v) is 9.46. The van der Waals surface area contributed by atoms with E-state index in [0.717, 1.165) is 51.5 Å². The van der Waals surface area contributed by atoms with E-state index >= 15 is 0 Å². The van der Waals surface area contributed by atoms with Crippen molar-refractivity contribution in [3.8, 4) is 17.3 Å². The molecule has 4 aromatic carbocycles. The number of ether oxygens (including phenoxy) is 1. The SMILES string of the molecule is CN1CN(c2[c-]c(Oc3[c-]c4c(cc3C(C)(C)C)c3ccccc3n4-c3cc(C(C)(C)C)ccn3)c(C(C)(C)C)cc2)c2ccccc21.[Pt+2]. The minimum absolute atomic E-state index is 0. The Morgan fingerprint density at radius 1 is 0.673 bits per heavy atom. The third kappa shape index (κ3) is 6.27. The van der Waals surface area contributed by atoms with Crippen LogP contribution < -0.4 is 14.5 Å². The van der Waals surface area contributed by atoms with Crippen molar-refractivity contribution in [1.29, 1.82) is 0 Å². The summed E-state index contributed by atoms with van der Waals surface area (Å²) in [5.74, 6) is 2.31. The van der Waals surface area contributed by atoms with Gasteiger partial charge in [-0.2, -0.15) is 12.1 Å². The Morgan fingerprint density at radius 3 is 2.02 bits per heavy atom. The first-order valence-electron chi connectivity index (χ1n) is 16.9. The van der Waals surface area contributed by atoms with Crippen molar-refractivity contribution in [2.75, 3.05) is 23.5 Å². The zero-order chi connectivity index (χ0) is 34.2. The molecule has 0 amide bonds. The van der Waals surface area contributed by atoms with Crippen LogP contribution in [-0.4, -0.2) is 23.3 Å². The van der Waals surface area contributed by atoms with E-state index < -0.39 is 0 Å². The van der Waals surface area contributed by atoms with Gasteiger partial charge >= 0.3 is 21.1 Å². The summed E-state index contributed by atoms with van der Waals surface area (Å²) in [7, 11) is 2.13. The van der Waals surface area contributed by atoms with Gasteiger partial charge in [-0.05, 0) is 46.7 Å². The van der Waals surface area contributed by atoms with E-state index in [4.69, 9.17) is 9.72 Å². The molecule has 6 heteroatoms. The summed E-state index contributed by atoms with van der Waals surface area (Å²) in [5.41, 5.74) is 8.44. The predicted molar refractivity (Wildman–Crippen MR) is 201 cm³/mol. The summed E-state index contributed by atoms with van der Waals surface area (Å²) < 4.78 is 9.33. The van der Waals surface area contributed by atoms with Crippen LogP contribution in [0.15, 0.2) is 85.1 Å². The van der Waals surface area contributed by atoms with E-state index in [1.807, 2.05) is 6.20 Å². The van der Waals surface area contributed by atoms with Gasteiger partial charge in [-0.25, -0.2) is 4.98 Å². The second kappa shape index (κ2) is 12.4. The average Bonchev–Trinajstić information content (AvgIpc) is 3.53. The molecule has 0 saturated heterocycles. The Labute approximate surface area is 306 Å². The fraction of sp³-hybridized carbons (Fsp3) is 0.326. The Morgan fingerprint density at radius 2 is 1.33 bits per heavy atom. The van der Waals surface area contributed by atoms with Gasteiger partial charge < -0.3 is 19.1 Å². The Hall–Kier alpha value is -4.08. The molecule has 6 aromatic rings. The molecule has 0 radical (unpaired) electrons. The van der Waals surface area contributed by atoms with Crippen LogP contribution in [0.4, 0.5) is 17.1 Å². The van der Waals surface area contributed by atoms with Gasteiger partial charge in [-0.3, -0.25) is 0 Å². The second-order valence-corrected chi connectivity index (χ2v) is 16.2. The first-order valence-corrected chi connectivity index (χ1v) is 16.9. The maximum Gasteiger partial charge on any atom is 2.00 e. The van der Waals surface area contributed by atoms with Crippen molar-refractivity contribution in [3.63, 3.8) is 0 Å². The van der Waals surface area contributed by atoms with E-state index in [9.17, 15) is 0 Å². The number of pyridine rings is 1. The normalized spacial score (nSPS) is 13.6. The second-order valence-electron chi connectivity index (χ2n) is 16.2. The molecule has 1 aliphatic heterocycles. The van der Waals surface area contributed by atoms with Crippen molar-refractivity contribution in [1.82, 2.24) is 9.55 Å². The predicted octanol–water partition coefficient (Wildman–Crippen LogP) is 11.0. The summed E-state index contributed by atoms with van der Waals surface area (Å²) in [4.78, 5) is 9.46. The molecule has 0 N–H and O–H groups in total. The summed E-state index contributed by atoms with van der Waals surface area (Å²) in [6, 6.07) is 35.6. The van der Waals surface area contributed by atoms with Crippen molar-refractivity contribution in [2.45, 2.75) is 78.6 Å². The number of hydrogen-bond acceptors (Lipinski definition) is 4. The summed E-state index contributed by atoms with van der Waals surface area (Å²) in [6.07, 6.45) is 1.92. The Kier molecular flexibility index (Phi) is 8.77. The van der Waals surface area contributed by atoms with Crippen molar-refractivity contribution in [2.24, 2.45) is 0 Å². The molecule has 1 aliphatic rings. The van der Waals surface area contributed by atoms with Gasteiger partial charge in [-0.1, -0.05) is 115 Å². The molecule has 0 atom stereocenters. The first-order chi connectivity index (χ1) is 22.6. The smallest absolute Gasteiger partial charge is 0.509 e. The van der Waals surface area contributed by atoms with Crippen molar-refractivity contribution in [3.05, 3.63) is 114 Å². The number of anilines is 3. The van der Waals surface area contributed by atoms with Crippen LogP contribution in [0.2, 0.25) is 0 Å². The van der Waals surface area contributed by atoms with E-state index in [0.29, 0.717) is 5.75 Å². The van der Waals surface area contributed by atoms with Crippen LogP contribution in [0.5, 0.6) is 11.5 Å². The standard InChI is InChI=1S/C43H46N4O.Pt/c1-41(2,3)28-21-22-44-40(23-28)47-34-16-12-11-15-30(34)31-25-33(43(7,8)9)39(26-37(31)47)48-38-24-29(19-20-32(38)42(4,5)6)46-27-45(10)35-17-13-14-18-36(35)46;/h11-23,25H,27H2,1-10H3;/q-2;+2. The van der Waals surface area contributed by atoms with Gasteiger partial charge in [0.15, 0.2) is 0 Å². The van der Waals surface area contributed by atoms with Crippen molar-refractivity contribution < 1.29 is 25.8 Å². The van der Waals surface area contributed by atoms with Crippen LogP contribution in [0.25, 0.3) is 27.6 Å². The number of benzene rings is 4. The number of para-hydroxylation sites is 3.